The Balaban J connectivity index is 2.10. The molecule has 2 aromatic rings. The van der Waals surface area contributed by atoms with Crippen molar-refractivity contribution in [3.63, 3.8) is 0 Å². The van der Waals surface area contributed by atoms with E-state index in [1.807, 2.05) is 18.2 Å². The van der Waals surface area contributed by atoms with Crippen LogP contribution in [-0.2, 0) is 11.3 Å². The molecule has 0 fully saturated rings. The number of amides is 1. The molecule has 1 aromatic heterocycles. The summed E-state index contributed by atoms with van der Waals surface area (Å²) in [5, 5.41) is 10.3. The number of aromatic nitrogens is 2. The first-order valence-electron chi connectivity index (χ1n) is 5.57. The lowest BCUT2D eigenvalue weighted by Crippen LogP contribution is -2.14. The van der Waals surface area contributed by atoms with Crippen molar-refractivity contribution in [2.24, 2.45) is 0 Å². The Bertz CT molecular complexity index is 572. The molecule has 0 saturated heterocycles. The van der Waals surface area contributed by atoms with Gasteiger partial charge < -0.3 is 10.1 Å². The Kier molecular flexibility index (Phi) is 4.43. The maximum atomic E-state index is 11.9. The number of carbonyl (C=O) groups is 1. The van der Waals surface area contributed by atoms with Gasteiger partial charge in [0.1, 0.15) is 0 Å². The molecule has 0 unspecified atom stereocenters. The minimum atomic E-state index is -0.335. The molecule has 0 saturated carbocycles. The monoisotopic (exact) mass is 277 g/mol. The van der Waals surface area contributed by atoms with E-state index in [4.69, 9.17) is 16.3 Å². The van der Waals surface area contributed by atoms with Gasteiger partial charge in [-0.2, -0.15) is 0 Å². The molecule has 1 amide bonds. The van der Waals surface area contributed by atoms with E-state index in [1.165, 1.54) is 12.1 Å². The Labute approximate surface area is 115 Å². The third-order valence-electron chi connectivity index (χ3n) is 2.36. The predicted octanol–water partition coefficient (Wildman–Crippen LogP) is 2.53. The number of nitrogens with one attached hydrogen (secondary N) is 1. The van der Waals surface area contributed by atoms with Gasteiger partial charge in [-0.15, -0.1) is 10.2 Å². The molecule has 0 spiro atoms. The van der Waals surface area contributed by atoms with Crippen molar-refractivity contribution in [1.82, 2.24) is 10.2 Å². The SMILES string of the molecule is COCc1cccc(NC(=O)c2ccc(Cl)nn2)c1. The van der Waals surface area contributed by atoms with Crippen molar-refractivity contribution >= 4 is 23.2 Å². The van der Waals surface area contributed by atoms with Crippen LogP contribution >= 0.6 is 11.6 Å². The van der Waals surface area contributed by atoms with Gasteiger partial charge in [0.25, 0.3) is 5.91 Å². The molecule has 1 heterocycles. The molecular weight excluding hydrogens is 266 g/mol. The zero-order valence-electron chi connectivity index (χ0n) is 10.3. The highest BCUT2D eigenvalue weighted by Gasteiger charge is 2.08. The van der Waals surface area contributed by atoms with E-state index in [0.29, 0.717) is 12.3 Å². The van der Waals surface area contributed by atoms with Crippen LogP contribution < -0.4 is 5.32 Å². The fraction of sp³-hybridized carbons (Fsp3) is 0.154. The number of methoxy groups -OCH3 is 1. The number of anilines is 1. The second-order valence-electron chi connectivity index (χ2n) is 3.83. The van der Waals surface area contributed by atoms with Crippen LogP contribution in [0.2, 0.25) is 5.15 Å². The van der Waals surface area contributed by atoms with Gasteiger partial charge >= 0.3 is 0 Å². The van der Waals surface area contributed by atoms with Crippen LogP contribution in [0.4, 0.5) is 5.69 Å². The van der Waals surface area contributed by atoms with Crippen LogP contribution in [0.5, 0.6) is 0 Å². The Morgan fingerprint density at radius 1 is 1.32 bits per heavy atom. The van der Waals surface area contributed by atoms with E-state index >= 15 is 0 Å². The van der Waals surface area contributed by atoms with Gasteiger partial charge in [0, 0.05) is 12.8 Å². The third kappa shape index (κ3) is 3.74. The van der Waals surface area contributed by atoms with Gasteiger partial charge in [0.05, 0.1) is 6.61 Å². The largest absolute Gasteiger partial charge is 0.380 e. The first-order valence-corrected chi connectivity index (χ1v) is 5.95. The fourth-order valence-electron chi connectivity index (χ4n) is 1.54. The summed E-state index contributed by atoms with van der Waals surface area (Å²) in [4.78, 5) is 11.9. The van der Waals surface area contributed by atoms with Gasteiger partial charge in [-0.05, 0) is 29.8 Å². The molecular formula is C13H12ClN3O2. The lowest BCUT2D eigenvalue weighted by atomic mass is 10.2. The van der Waals surface area contributed by atoms with Crippen LogP contribution in [-0.4, -0.2) is 23.2 Å². The Hall–Kier alpha value is -1.98. The average Bonchev–Trinajstić information content (AvgIpc) is 2.40. The Morgan fingerprint density at radius 3 is 2.84 bits per heavy atom. The van der Waals surface area contributed by atoms with Crippen molar-refractivity contribution in [3.8, 4) is 0 Å². The second-order valence-corrected chi connectivity index (χ2v) is 4.22. The summed E-state index contributed by atoms with van der Waals surface area (Å²) in [5.74, 6) is -0.335. The van der Waals surface area contributed by atoms with Gasteiger partial charge in [-0.3, -0.25) is 4.79 Å². The lowest BCUT2D eigenvalue weighted by Gasteiger charge is -2.06. The summed E-state index contributed by atoms with van der Waals surface area (Å²) in [6.07, 6.45) is 0. The van der Waals surface area contributed by atoms with Crippen molar-refractivity contribution in [2.75, 3.05) is 12.4 Å². The molecule has 5 nitrogen and oxygen atoms in total. The minimum absolute atomic E-state index is 0.210. The maximum Gasteiger partial charge on any atom is 0.276 e. The van der Waals surface area contributed by atoms with Crippen LogP contribution in [0.25, 0.3) is 0 Å². The number of nitrogens with zero attached hydrogens (tertiary/aromatic N) is 2. The minimum Gasteiger partial charge on any atom is -0.380 e. The summed E-state index contributed by atoms with van der Waals surface area (Å²) >= 11 is 5.61. The highest BCUT2D eigenvalue weighted by Crippen LogP contribution is 2.12. The number of ether oxygens (including phenoxy) is 1. The number of rotatable bonds is 4. The number of hydrogen-bond acceptors (Lipinski definition) is 4. The molecule has 19 heavy (non-hydrogen) atoms. The first-order chi connectivity index (χ1) is 9.19. The predicted molar refractivity (Wildman–Crippen MR) is 72.2 cm³/mol. The van der Waals surface area contributed by atoms with E-state index in [2.05, 4.69) is 15.5 Å². The second kappa shape index (κ2) is 6.26. The van der Waals surface area contributed by atoms with Gasteiger partial charge in [-0.25, -0.2) is 0 Å². The van der Waals surface area contributed by atoms with Crippen molar-refractivity contribution < 1.29 is 9.53 Å². The molecule has 0 radical (unpaired) electrons. The van der Waals surface area contributed by atoms with E-state index < -0.39 is 0 Å². The van der Waals surface area contributed by atoms with E-state index in [1.54, 1.807) is 13.2 Å². The summed E-state index contributed by atoms with van der Waals surface area (Å²) in [7, 11) is 1.62. The third-order valence-corrected chi connectivity index (χ3v) is 2.56. The van der Waals surface area contributed by atoms with Gasteiger partial charge in [0.15, 0.2) is 10.8 Å². The van der Waals surface area contributed by atoms with Crippen LogP contribution in [0.15, 0.2) is 36.4 Å². The fourth-order valence-corrected chi connectivity index (χ4v) is 1.64. The van der Waals surface area contributed by atoms with Gasteiger partial charge in [-0.1, -0.05) is 23.7 Å². The van der Waals surface area contributed by atoms with Crippen LogP contribution in [0.1, 0.15) is 16.1 Å². The standard InChI is InChI=1S/C13H12ClN3O2/c1-19-8-9-3-2-4-10(7-9)15-13(18)11-5-6-12(14)17-16-11/h2-7H,8H2,1H3,(H,15,18). The highest BCUT2D eigenvalue weighted by atomic mass is 35.5. The van der Waals surface area contributed by atoms with Crippen LogP contribution in [0.3, 0.4) is 0 Å². The maximum absolute atomic E-state index is 11.9. The quantitative estimate of drug-likeness (QED) is 0.933. The highest BCUT2D eigenvalue weighted by molar-refractivity contribution is 6.29. The summed E-state index contributed by atoms with van der Waals surface area (Å²) in [6.45, 7) is 0.491. The van der Waals surface area contributed by atoms with Crippen molar-refractivity contribution in [3.05, 3.63) is 52.8 Å². The molecule has 1 N–H and O–H groups in total. The summed E-state index contributed by atoms with van der Waals surface area (Å²) < 4.78 is 5.04. The van der Waals surface area contributed by atoms with E-state index in [9.17, 15) is 4.79 Å². The molecule has 1 aromatic carbocycles. The molecule has 0 aliphatic rings. The smallest absolute Gasteiger partial charge is 0.276 e. The summed E-state index contributed by atoms with van der Waals surface area (Å²) in [6, 6.07) is 10.4. The first kappa shape index (κ1) is 13.5. The molecule has 2 rings (SSSR count). The average molecular weight is 278 g/mol. The van der Waals surface area contributed by atoms with E-state index in [-0.39, 0.29) is 16.8 Å². The van der Waals surface area contributed by atoms with Gasteiger partial charge in [0.2, 0.25) is 0 Å². The van der Waals surface area contributed by atoms with Crippen LogP contribution in [0, 0.1) is 0 Å². The zero-order chi connectivity index (χ0) is 13.7. The zero-order valence-corrected chi connectivity index (χ0v) is 11.0. The normalized spacial score (nSPS) is 10.2. The molecule has 0 aliphatic heterocycles. The lowest BCUT2D eigenvalue weighted by molar-refractivity contribution is 0.102. The number of carbonyl (C=O) groups excluding carboxylic acids is 1. The van der Waals surface area contributed by atoms with Crippen molar-refractivity contribution in [1.29, 1.82) is 0 Å². The molecule has 0 aliphatic carbocycles. The van der Waals surface area contributed by atoms with Crippen molar-refractivity contribution in [2.45, 2.75) is 6.61 Å². The number of benzene rings is 1. The van der Waals surface area contributed by atoms with E-state index in [0.717, 1.165) is 5.56 Å². The molecule has 6 heteroatoms. The number of halogens is 1. The molecule has 0 atom stereocenters. The summed E-state index contributed by atoms with van der Waals surface area (Å²) in [5.41, 5.74) is 1.86. The molecule has 0 bridgehead atoms. The Morgan fingerprint density at radius 2 is 2.16 bits per heavy atom. The molecule has 98 valence electrons. The topological polar surface area (TPSA) is 64.1 Å². The number of hydrogen-bond donors (Lipinski definition) is 1.